The van der Waals surface area contributed by atoms with Crippen LogP contribution >= 0.6 is 0 Å². The molecule has 13 nitrogen and oxygen atoms in total. The molecular formula is C20H26N8O5. The number of aliphatic hydroxyl groups is 3. The van der Waals surface area contributed by atoms with Crippen molar-refractivity contribution in [1.82, 2.24) is 29.3 Å². The van der Waals surface area contributed by atoms with E-state index >= 15 is 0 Å². The number of fused-ring (bicyclic) bond motifs is 1. The van der Waals surface area contributed by atoms with Gasteiger partial charge in [-0.1, -0.05) is 12.8 Å². The molecule has 3 aromatic rings. The first-order chi connectivity index (χ1) is 16.0. The summed E-state index contributed by atoms with van der Waals surface area (Å²) in [5.41, 5.74) is 1.42. The molecule has 33 heavy (non-hydrogen) atoms. The van der Waals surface area contributed by atoms with Crippen molar-refractivity contribution in [2.45, 2.75) is 56.3 Å². The molecule has 2 fully saturated rings. The van der Waals surface area contributed by atoms with Crippen LogP contribution in [0.1, 0.15) is 31.9 Å². The van der Waals surface area contributed by atoms with Gasteiger partial charge in [0.1, 0.15) is 18.3 Å². The van der Waals surface area contributed by atoms with Crippen molar-refractivity contribution in [3.8, 4) is 5.95 Å². The van der Waals surface area contributed by atoms with Gasteiger partial charge in [-0.15, -0.1) is 0 Å². The summed E-state index contributed by atoms with van der Waals surface area (Å²) in [5.74, 6) is 0.759. The van der Waals surface area contributed by atoms with Crippen LogP contribution in [0.15, 0.2) is 18.7 Å². The van der Waals surface area contributed by atoms with Crippen LogP contribution in [0, 0.1) is 0 Å². The highest BCUT2D eigenvalue weighted by Crippen LogP contribution is 2.33. The summed E-state index contributed by atoms with van der Waals surface area (Å²) in [4.78, 5) is 26.2. The third-order valence-electron chi connectivity index (χ3n) is 6.24. The summed E-state index contributed by atoms with van der Waals surface area (Å²) in [7, 11) is 1.61. The molecule has 4 N–H and O–H groups in total. The number of rotatable bonds is 7. The van der Waals surface area contributed by atoms with E-state index < -0.39 is 31.1 Å². The van der Waals surface area contributed by atoms with Crippen molar-refractivity contribution in [1.29, 1.82) is 0 Å². The molecule has 4 atom stereocenters. The van der Waals surface area contributed by atoms with Crippen LogP contribution in [0.25, 0.3) is 17.1 Å². The Hall–Kier alpha value is -3.13. The van der Waals surface area contributed by atoms with Gasteiger partial charge >= 0.3 is 0 Å². The van der Waals surface area contributed by atoms with E-state index in [-0.39, 0.29) is 12.0 Å². The monoisotopic (exact) mass is 458 g/mol. The fourth-order valence-electron chi connectivity index (χ4n) is 4.33. The SMILES string of the molecule is CN(C=O)c1cnn(-c2nc(NC3CCCC3)c3ncn(C4O[C@H](CO)[C@@H](O)[C@H]4O)c3n2)c1. The van der Waals surface area contributed by atoms with E-state index in [1.54, 1.807) is 13.2 Å². The van der Waals surface area contributed by atoms with Crippen LogP contribution in [-0.2, 0) is 9.53 Å². The first kappa shape index (κ1) is 21.7. The van der Waals surface area contributed by atoms with E-state index in [2.05, 4.69) is 25.4 Å². The van der Waals surface area contributed by atoms with Crippen molar-refractivity contribution in [3.63, 3.8) is 0 Å². The van der Waals surface area contributed by atoms with Crippen LogP contribution < -0.4 is 10.2 Å². The topological polar surface area (TPSA) is 164 Å². The predicted molar refractivity (Wildman–Crippen MR) is 116 cm³/mol. The van der Waals surface area contributed by atoms with Gasteiger partial charge in [-0.25, -0.2) is 9.67 Å². The molecule has 5 rings (SSSR count). The average Bonchev–Trinajstić information content (AvgIpc) is 3.61. The lowest BCUT2D eigenvalue weighted by molar-refractivity contribution is -0.107. The van der Waals surface area contributed by atoms with E-state index in [4.69, 9.17) is 4.74 Å². The van der Waals surface area contributed by atoms with Crippen LogP contribution in [0.2, 0.25) is 0 Å². The molecule has 13 heteroatoms. The highest BCUT2D eigenvalue weighted by atomic mass is 16.6. The first-order valence-corrected chi connectivity index (χ1v) is 10.9. The van der Waals surface area contributed by atoms with Crippen LogP contribution in [0.4, 0.5) is 11.5 Å². The van der Waals surface area contributed by atoms with Crippen molar-refractivity contribution in [2.75, 3.05) is 23.9 Å². The van der Waals surface area contributed by atoms with Crippen molar-refractivity contribution >= 4 is 29.1 Å². The van der Waals surface area contributed by atoms with Gasteiger partial charge in [-0.3, -0.25) is 9.36 Å². The molecule has 4 heterocycles. The van der Waals surface area contributed by atoms with Crippen LogP contribution in [-0.4, -0.2) is 89.0 Å². The molecule has 0 bridgehead atoms. The maximum atomic E-state index is 11.1. The van der Waals surface area contributed by atoms with E-state index in [0.717, 1.165) is 25.7 Å². The second kappa shape index (κ2) is 8.67. The van der Waals surface area contributed by atoms with Gasteiger partial charge in [0.2, 0.25) is 6.41 Å². The maximum absolute atomic E-state index is 11.1. The number of hydrogen-bond donors (Lipinski definition) is 4. The number of carbonyl (C=O) groups is 1. The molecule has 0 aromatic carbocycles. The van der Waals surface area contributed by atoms with Crippen LogP contribution in [0.5, 0.6) is 0 Å². The van der Waals surface area contributed by atoms with Gasteiger partial charge in [0.15, 0.2) is 23.2 Å². The highest BCUT2D eigenvalue weighted by Gasteiger charge is 2.44. The second-order valence-corrected chi connectivity index (χ2v) is 8.41. The molecule has 1 aliphatic heterocycles. The van der Waals surface area contributed by atoms with Crippen molar-refractivity contribution in [2.24, 2.45) is 0 Å². The molecular weight excluding hydrogens is 432 g/mol. The van der Waals surface area contributed by atoms with E-state index in [1.165, 1.54) is 26.7 Å². The van der Waals surface area contributed by atoms with Gasteiger partial charge in [-0.2, -0.15) is 15.1 Å². The summed E-state index contributed by atoms with van der Waals surface area (Å²) >= 11 is 0. The Morgan fingerprint density at radius 2 is 2.06 bits per heavy atom. The Labute approximate surface area is 188 Å². The number of imidazole rings is 1. The minimum absolute atomic E-state index is 0.238. The standard InChI is InChI=1S/C20H26N8O5/c1-26(10-30)12-6-22-28(7-12)20-24-17(23-11-4-2-3-5-11)14-18(25-20)27(9-21-14)19-16(32)15(31)13(8-29)33-19/h6-7,9-11,13,15-16,19,29,31-32H,2-5,8H2,1H3,(H,23,24,25)/t13-,15-,16-,19?/m1/s1. The Balaban J connectivity index is 1.59. The number of nitrogens with one attached hydrogen (secondary N) is 1. The van der Waals surface area contributed by atoms with Gasteiger partial charge in [0, 0.05) is 13.1 Å². The summed E-state index contributed by atoms with van der Waals surface area (Å²) in [6.07, 6.45) is 5.17. The Morgan fingerprint density at radius 1 is 1.27 bits per heavy atom. The Kier molecular flexibility index (Phi) is 5.70. The summed E-state index contributed by atoms with van der Waals surface area (Å²) in [5, 5.41) is 37.9. The summed E-state index contributed by atoms with van der Waals surface area (Å²) < 4.78 is 8.65. The third kappa shape index (κ3) is 3.82. The molecule has 176 valence electrons. The molecule has 0 radical (unpaired) electrons. The molecule has 3 aromatic heterocycles. The quantitative estimate of drug-likeness (QED) is 0.342. The molecule has 1 unspecified atom stereocenters. The zero-order valence-corrected chi connectivity index (χ0v) is 18.0. The normalized spacial score (nSPS) is 25.7. The average molecular weight is 458 g/mol. The minimum atomic E-state index is -1.28. The van der Waals surface area contributed by atoms with Gasteiger partial charge < -0.3 is 30.3 Å². The molecule has 1 aliphatic carbocycles. The summed E-state index contributed by atoms with van der Waals surface area (Å²) in [6.45, 7) is -0.434. The van der Waals surface area contributed by atoms with Gasteiger partial charge in [-0.05, 0) is 12.8 Å². The third-order valence-corrected chi connectivity index (χ3v) is 6.24. The summed E-state index contributed by atoms with van der Waals surface area (Å²) in [6, 6.07) is 0.254. The molecule has 1 amide bonds. The largest absolute Gasteiger partial charge is 0.394 e. The molecule has 1 saturated heterocycles. The number of aromatic nitrogens is 6. The first-order valence-electron chi connectivity index (χ1n) is 10.9. The highest BCUT2D eigenvalue weighted by molar-refractivity contribution is 5.84. The van der Waals surface area contributed by atoms with E-state index in [1.807, 2.05) is 0 Å². The van der Waals surface area contributed by atoms with Crippen LogP contribution in [0.3, 0.4) is 0 Å². The maximum Gasteiger partial charge on any atom is 0.254 e. The number of nitrogens with zero attached hydrogens (tertiary/aromatic N) is 7. The van der Waals surface area contributed by atoms with E-state index in [0.29, 0.717) is 29.1 Å². The molecule has 0 spiro atoms. The Bertz CT molecular complexity index is 1140. The molecule has 1 saturated carbocycles. The van der Waals surface area contributed by atoms with Gasteiger partial charge in [0.05, 0.1) is 31.0 Å². The number of ether oxygens (including phenoxy) is 1. The number of hydrogen-bond acceptors (Lipinski definition) is 10. The smallest absolute Gasteiger partial charge is 0.254 e. The van der Waals surface area contributed by atoms with Crippen molar-refractivity contribution < 1.29 is 24.9 Å². The van der Waals surface area contributed by atoms with E-state index in [9.17, 15) is 20.1 Å². The number of anilines is 2. The predicted octanol–water partition coefficient (Wildman–Crippen LogP) is -0.429. The zero-order valence-electron chi connectivity index (χ0n) is 18.0. The zero-order chi connectivity index (χ0) is 23.1. The minimum Gasteiger partial charge on any atom is -0.394 e. The Morgan fingerprint density at radius 3 is 2.76 bits per heavy atom. The fourth-order valence-corrected chi connectivity index (χ4v) is 4.33. The number of amides is 1. The lowest BCUT2D eigenvalue weighted by Crippen LogP contribution is -2.33. The van der Waals surface area contributed by atoms with Gasteiger partial charge in [0.25, 0.3) is 5.95 Å². The molecule has 2 aliphatic rings. The lowest BCUT2D eigenvalue weighted by atomic mass is 10.1. The fraction of sp³-hybridized carbons (Fsp3) is 0.550. The lowest BCUT2D eigenvalue weighted by Gasteiger charge is -2.18. The number of aliphatic hydroxyl groups excluding tert-OH is 3. The second-order valence-electron chi connectivity index (χ2n) is 8.41. The number of carbonyl (C=O) groups excluding carboxylic acids is 1. The van der Waals surface area contributed by atoms with Crippen molar-refractivity contribution in [3.05, 3.63) is 18.7 Å².